The van der Waals surface area contributed by atoms with Crippen molar-refractivity contribution in [1.29, 1.82) is 0 Å². The molecule has 1 aliphatic rings. The first-order valence-corrected chi connectivity index (χ1v) is 15.1. The van der Waals surface area contributed by atoms with Crippen LogP contribution in [0.4, 0.5) is 0 Å². The summed E-state index contributed by atoms with van der Waals surface area (Å²) in [5, 5.41) is 0. The molecule has 1 saturated carbocycles. The Labute approximate surface area is 85.5 Å². The van der Waals surface area contributed by atoms with Crippen molar-refractivity contribution in [2.45, 2.75) is 40.5 Å². The zero-order valence-electron chi connectivity index (χ0n) is 9.02. The van der Waals surface area contributed by atoms with E-state index in [4.69, 9.17) is 0 Å². The van der Waals surface area contributed by atoms with Crippen molar-refractivity contribution >= 4 is 24.2 Å². The van der Waals surface area contributed by atoms with Crippen molar-refractivity contribution in [2.24, 2.45) is 5.92 Å². The van der Waals surface area contributed by atoms with Gasteiger partial charge in [0.2, 0.25) is 0 Å². The SMILES string of the molecule is C=[C](CC1CCC(=O)C1)[Sn]([CH3])([CH3])[CH3]. The minimum absolute atomic E-state index is 0.460. The molecule has 0 aromatic carbocycles. The second-order valence-electron chi connectivity index (χ2n) is 5.21. The Morgan fingerprint density at radius 1 is 1.54 bits per heavy atom. The molecule has 2 heteroatoms. The van der Waals surface area contributed by atoms with E-state index in [9.17, 15) is 4.79 Å². The van der Waals surface area contributed by atoms with Gasteiger partial charge < -0.3 is 0 Å². The fraction of sp³-hybridized carbons (Fsp3) is 0.727. The summed E-state index contributed by atoms with van der Waals surface area (Å²) >= 11 is -1.85. The second-order valence-corrected chi connectivity index (χ2v) is 20.1. The zero-order valence-corrected chi connectivity index (χ0v) is 11.9. The Morgan fingerprint density at radius 2 is 2.15 bits per heavy atom. The molecule has 1 unspecified atom stereocenters. The van der Waals surface area contributed by atoms with Crippen LogP contribution in [-0.2, 0) is 4.79 Å². The number of hydrogen-bond acceptors (Lipinski definition) is 1. The van der Waals surface area contributed by atoms with Crippen LogP contribution in [0.1, 0.15) is 25.7 Å². The third kappa shape index (κ3) is 3.45. The molecule has 0 saturated heterocycles. The number of hydrogen-bond donors (Lipinski definition) is 0. The molecular formula is C11H20OSn. The van der Waals surface area contributed by atoms with Crippen LogP contribution in [-0.4, -0.2) is 24.2 Å². The number of ketones is 1. The van der Waals surface area contributed by atoms with Crippen molar-refractivity contribution in [3.05, 3.63) is 10.2 Å². The van der Waals surface area contributed by atoms with Gasteiger partial charge in [0.1, 0.15) is 0 Å². The van der Waals surface area contributed by atoms with E-state index in [0.29, 0.717) is 11.7 Å². The van der Waals surface area contributed by atoms with E-state index < -0.39 is 18.4 Å². The first kappa shape index (κ1) is 11.3. The topological polar surface area (TPSA) is 17.1 Å². The van der Waals surface area contributed by atoms with Gasteiger partial charge >= 0.3 is 85.5 Å². The second kappa shape index (κ2) is 4.16. The standard InChI is InChI=1S/C8H11O.3CH3.Sn/c1-2-3-7-4-5-8(9)6-7;;;;/h7H,1,3-6H2;3*1H3;. The van der Waals surface area contributed by atoms with Gasteiger partial charge in [-0.1, -0.05) is 0 Å². The molecule has 0 amide bonds. The quantitative estimate of drug-likeness (QED) is 0.729. The van der Waals surface area contributed by atoms with Crippen LogP contribution in [0.3, 0.4) is 0 Å². The summed E-state index contributed by atoms with van der Waals surface area (Å²) in [5.41, 5.74) is 0. The van der Waals surface area contributed by atoms with Crippen molar-refractivity contribution in [1.82, 2.24) is 0 Å². The van der Waals surface area contributed by atoms with Gasteiger partial charge in [0.15, 0.2) is 0 Å². The van der Waals surface area contributed by atoms with Crippen molar-refractivity contribution in [2.75, 3.05) is 0 Å². The van der Waals surface area contributed by atoms with Gasteiger partial charge in [0, 0.05) is 0 Å². The van der Waals surface area contributed by atoms with Crippen LogP contribution in [0.25, 0.3) is 0 Å². The fourth-order valence-electron chi connectivity index (χ4n) is 1.72. The summed E-state index contributed by atoms with van der Waals surface area (Å²) in [6.45, 7) is 4.20. The summed E-state index contributed by atoms with van der Waals surface area (Å²) in [5.74, 6) is 1.10. The third-order valence-electron chi connectivity index (χ3n) is 2.94. The third-order valence-corrected chi connectivity index (χ3v) is 9.58. The van der Waals surface area contributed by atoms with E-state index in [1.165, 1.54) is 3.59 Å². The molecule has 0 bridgehead atoms. The summed E-state index contributed by atoms with van der Waals surface area (Å²) in [7, 11) is 0. The number of allylic oxidation sites excluding steroid dienone is 1. The Bertz CT molecular complexity index is 225. The molecule has 0 aromatic rings. The van der Waals surface area contributed by atoms with E-state index in [1.54, 1.807) is 0 Å². The molecule has 1 atom stereocenters. The molecule has 0 N–H and O–H groups in total. The maximum absolute atomic E-state index is 11.1. The van der Waals surface area contributed by atoms with E-state index in [1.807, 2.05) is 0 Å². The molecule has 1 fully saturated rings. The van der Waals surface area contributed by atoms with Crippen molar-refractivity contribution in [3.8, 4) is 0 Å². The molecule has 0 spiro atoms. The van der Waals surface area contributed by atoms with Gasteiger partial charge in [-0.05, 0) is 0 Å². The summed E-state index contributed by atoms with van der Waals surface area (Å²) in [4.78, 5) is 18.3. The van der Waals surface area contributed by atoms with Crippen LogP contribution < -0.4 is 0 Å². The van der Waals surface area contributed by atoms with Crippen LogP contribution in [0.5, 0.6) is 0 Å². The molecule has 0 radical (unpaired) electrons. The van der Waals surface area contributed by atoms with Gasteiger partial charge in [0.25, 0.3) is 0 Å². The normalized spacial score (nSPS) is 23.6. The Kier molecular flexibility index (Phi) is 3.61. The monoisotopic (exact) mass is 288 g/mol. The maximum atomic E-state index is 11.1. The summed E-state index contributed by atoms with van der Waals surface area (Å²) < 4.78 is 1.49. The number of Topliss-reactive ketones (excluding diaryl/α,β-unsaturated/α-hetero) is 1. The fourth-order valence-corrected chi connectivity index (χ4v) is 4.29. The molecule has 0 aromatic heterocycles. The predicted octanol–water partition coefficient (Wildman–Crippen LogP) is 3.18. The molecule has 1 rings (SSSR count). The molecule has 0 heterocycles. The molecule has 13 heavy (non-hydrogen) atoms. The average molecular weight is 287 g/mol. The molecule has 1 aliphatic carbocycles. The predicted molar refractivity (Wildman–Crippen MR) is 59.5 cm³/mol. The molecule has 74 valence electrons. The Balaban J connectivity index is 2.42. The minimum atomic E-state index is -1.85. The van der Waals surface area contributed by atoms with Crippen LogP contribution in [0, 0.1) is 5.92 Å². The van der Waals surface area contributed by atoms with Crippen LogP contribution >= 0.6 is 0 Å². The number of rotatable bonds is 3. The molecule has 1 nitrogen and oxygen atoms in total. The van der Waals surface area contributed by atoms with Crippen LogP contribution in [0.2, 0.25) is 14.8 Å². The van der Waals surface area contributed by atoms with Gasteiger partial charge in [-0.2, -0.15) is 0 Å². The molecular weight excluding hydrogens is 267 g/mol. The van der Waals surface area contributed by atoms with Crippen molar-refractivity contribution in [3.63, 3.8) is 0 Å². The summed E-state index contributed by atoms with van der Waals surface area (Å²) in [6, 6.07) is 0. The van der Waals surface area contributed by atoms with Gasteiger partial charge in [-0.15, -0.1) is 0 Å². The van der Waals surface area contributed by atoms with Crippen LogP contribution in [0.15, 0.2) is 10.2 Å². The first-order chi connectivity index (χ1) is 5.89. The van der Waals surface area contributed by atoms with E-state index in [-0.39, 0.29) is 0 Å². The number of carbonyl (C=O) groups is 1. The Hall–Kier alpha value is 0.209. The van der Waals surface area contributed by atoms with E-state index in [0.717, 1.165) is 25.7 Å². The van der Waals surface area contributed by atoms with Gasteiger partial charge in [0.05, 0.1) is 0 Å². The first-order valence-electron chi connectivity index (χ1n) is 5.09. The van der Waals surface area contributed by atoms with E-state index in [2.05, 4.69) is 21.4 Å². The van der Waals surface area contributed by atoms with Gasteiger partial charge in [-0.25, -0.2) is 0 Å². The van der Waals surface area contributed by atoms with Crippen molar-refractivity contribution < 1.29 is 4.79 Å². The van der Waals surface area contributed by atoms with Gasteiger partial charge in [-0.3, -0.25) is 0 Å². The summed E-state index contributed by atoms with van der Waals surface area (Å²) in [6.07, 6.45) is 3.88. The number of carbonyl (C=O) groups excluding carboxylic acids is 1. The van der Waals surface area contributed by atoms with E-state index >= 15 is 0 Å². The Morgan fingerprint density at radius 3 is 2.54 bits per heavy atom. The molecule has 0 aliphatic heterocycles. The zero-order chi connectivity index (χ0) is 10.1. The average Bonchev–Trinajstić information content (AvgIpc) is 2.33.